The molecule has 6 heteroatoms. The van der Waals surface area contributed by atoms with Gasteiger partial charge in [-0.25, -0.2) is 9.37 Å². The molecule has 2 aromatic rings. The summed E-state index contributed by atoms with van der Waals surface area (Å²) in [5.74, 6) is -1.28. The molecule has 1 amide bonds. The van der Waals surface area contributed by atoms with Crippen molar-refractivity contribution in [3.8, 4) is 0 Å². The fourth-order valence-electron chi connectivity index (χ4n) is 1.39. The fraction of sp³-hybridized carbons (Fsp3) is 0.0833. The molecule has 0 fully saturated rings. The lowest BCUT2D eigenvalue weighted by molar-refractivity contribution is 0.102. The summed E-state index contributed by atoms with van der Waals surface area (Å²) in [6, 6.07) is 2.95. The summed E-state index contributed by atoms with van der Waals surface area (Å²) < 4.78 is 13.4. The van der Waals surface area contributed by atoms with Crippen molar-refractivity contribution in [2.45, 2.75) is 6.92 Å². The third-order valence-electron chi connectivity index (χ3n) is 2.24. The van der Waals surface area contributed by atoms with E-state index in [4.69, 9.17) is 11.6 Å². The van der Waals surface area contributed by atoms with Gasteiger partial charge in [-0.15, -0.1) is 0 Å². The molecule has 2 rings (SSSR count). The number of hydrogen-bond donors (Lipinski definition) is 1. The molecule has 18 heavy (non-hydrogen) atoms. The quantitative estimate of drug-likeness (QED) is 0.850. The summed E-state index contributed by atoms with van der Waals surface area (Å²) in [4.78, 5) is 19.3. The van der Waals surface area contributed by atoms with Crippen LogP contribution >= 0.6 is 11.6 Å². The highest BCUT2D eigenvalue weighted by Crippen LogP contribution is 2.20. The number of aromatic nitrogens is 2. The summed E-state index contributed by atoms with van der Waals surface area (Å²) in [6.07, 6.45) is 3.89. The van der Waals surface area contributed by atoms with E-state index in [0.29, 0.717) is 5.69 Å². The third kappa shape index (κ3) is 2.62. The molecule has 92 valence electrons. The minimum Gasteiger partial charge on any atom is -0.319 e. The van der Waals surface area contributed by atoms with Gasteiger partial charge in [0.1, 0.15) is 0 Å². The van der Waals surface area contributed by atoms with Gasteiger partial charge in [0, 0.05) is 12.4 Å². The van der Waals surface area contributed by atoms with E-state index in [0.717, 1.165) is 11.8 Å². The van der Waals surface area contributed by atoms with Gasteiger partial charge in [0.05, 0.1) is 17.4 Å². The Morgan fingerprint density at radius 3 is 2.94 bits per heavy atom. The Bertz CT molecular complexity index is 604. The largest absolute Gasteiger partial charge is 0.319 e. The Morgan fingerprint density at radius 2 is 2.22 bits per heavy atom. The van der Waals surface area contributed by atoms with Crippen molar-refractivity contribution in [3.63, 3.8) is 0 Å². The normalized spacial score (nSPS) is 10.2. The molecule has 2 aromatic heterocycles. The zero-order valence-electron chi connectivity index (χ0n) is 9.45. The van der Waals surface area contributed by atoms with Crippen LogP contribution < -0.4 is 5.32 Å². The molecule has 0 atom stereocenters. The Labute approximate surface area is 108 Å². The van der Waals surface area contributed by atoms with E-state index in [-0.39, 0.29) is 10.7 Å². The van der Waals surface area contributed by atoms with Crippen LogP contribution in [0, 0.1) is 12.7 Å². The van der Waals surface area contributed by atoms with Crippen molar-refractivity contribution in [2.24, 2.45) is 0 Å². The van der Waals surface area contributed by atoms with E-state index in [9.17, 15) is 9.18 Å². The van der Waals surface area contributed by atoms with Crippen molar-refractivity contribution in [1.29, 1.82) is 0 Å². The second-order valence-electron chi connectivity index (χ2n) is 3.66. The second-order valence-corrected chi connectivity index (χ2v) is 4.02. The van der Waals surface area contributed by atoms with Crippen molar-refractivity contribution in [2.75, 3.05) is 5.32 Å². The maximum absolute atomic E-state index is 13.4. The number of carbonyl (C=O) groups is 1. The molecule has 4 nitrogen and oxygen atoms in total. The van der Waals surface area contributed by atoms with Crippen LogP contribution in [-0.4, -0.2) is 15.9 Å². The number of halogens is 2. The average molecular weight is 266 g/mol. The van der Waals surface area contributed by atoms with E-state index in [2.05, 4.69) is 15.3 Å². The van der Waals surface area contributed by atoms with Gasteiger partial charge in [-0.05, 0) is 24.6 Å². The molecule has 0 saturated carbocycles. The van der Waals surface area contributed by atoms with Crippen LogP contribution in [0.4, 0.5) is 10.1 Å². The van der Waals surface area contributed by atoms with Crippen LogP contribution in [-0.2, 0) is 0 Å². The topological polar surface area (TPSA) is 54.9 Å². The molecule has 2 heterocycles. The number of aryl methyl sites for hydroxylation is 1. The molecule has 0 unspecified atom stereocenters. The highest BCUT2D eigenvalue weighted by atomic mass is 35.5. The number of amides is 1. The Kier molecular flexibility index (Phi) is 3.53. The van der Waals surface area contributed by atoms with Crippen LogP contribution in [0.1, 0.15) is 15.9 Å². The van der Waals surface area contributed by atoms with E-state index >= 15 is 0 Å². The standard InChI is InChI=1S/C12H9ClFN3O/c1-7-4-10(11(13)16-5-7)17-12(18)8-2-3-15-6-9(8)14/h2-6H,1H3,(H,17,18). The molecule has 0 aromatic carbocycles. The first-order valence-electron chi connectivity index (χ1n) is 5.11. The molecular formula is C12H9ClFN3O. The summed E-state index contributed by atoms with van der Waals surface area (Å²) in [5.41, 5.74) is 1.09. The van der Waals surface area contributed by atoms with Gasteiger partial charge in [0.25, 0.3) is 5.91 Å². The summed E-state index contributed by atoms with van der Waals surface area (Å²) >= 11 is 5.84. The van der Waals surface area contributed by atoms with Gasteiger partial charge in [-0.1, -0.05) is 11.6 Å². The van der Waals surface area contributed by atoms with Crippen molar-refractivity contribution < 1.29 is 9.18 Å². The summed E-state index contributed by atoms with van der Waals surface area (Å²) in [6.45, 7) is 1.81. The van der Waals surface area contributed by atoms with Crippen LogP contribution in [0.15, 0.2) is 30.7 Å². The molecule has 0 aliphatic heterocycles. The van der Waals surface area contributed by atoms with E-state index in [1.165, 1.54) is 12.3 Å². The minimum absolute atomic E-state index is 0.0948. The molecule has 0 saturated heterocycles. The fourth-order valence-corrected chi connectivity index (χ4v) is 1.54. The van der Waals surface area contributed by atoms with Crippen LogP contribution in [0.5, 0.6) is 0 Å². The SMILES string of the molecule is Cc1cnc(Cl)c(NC(=O)c2ccncc2F)c1. The van der Waals surface area contributed by atoms with E-state index < -0.39 is 11.7 Å². The lowest BCUT2D eigenvalue weighted by atomic mass is 10.2. The number of pyridine rings is 2. The first-order chi connectivity index (χ1) is 8.58. The van der Waals surface area contributed by atoms with Gasteiger partial charge in [-0.3, -0.25) is 9.78 Å². The average Bonchev–Trinajstić information content (AvgIpc) is 2.34. The lowest BCUT2D eigenvalue weighted by Crippen LogP contribution is -2.14. The zero-order valence-corrected chi connectivity index (χ0v) is 10.2. The van der Waals surface area contributed by atoms with Gasteiger partial charge >= 0.3 is 0 Å². The predicted molar refractivity (Wildman–Crippen MR) is 66.1 cm³/mol. The number of rotatable bonds is 2. The van der Waals surface area contributed by atoms with Gasteiger partial charge in [0.2, 0.25) is 0 Å². The second kappa shape index (κ2) is 5.10. The molecule has 1 N–H and O–H groups in total. The van der Waals surface area contributed by atoms with E-state index in [1.54, 1.807) is 12.3 Å². The summed E-state index contributed by atoms with van der Waals surface area (Å²) in [5, 5.41) is 2.66. The maximum atomic E-state index is 13.4. The van der Waals surface area contributed by atoms with Crippen molar-refractivity contribution >= 4 is 23.2 Å². The summed E-state index contributed by atoms with van der Waals surface area (Å²) in [7, 11) is 0. The number of carbonyl (C=O) groups excluding carboxylic acids is 1. The molecular weight excluding hydrogens is 257 g/mol. The highest BCUT2D eigenvalue weighted by molar-refractivity contribution is 6.32. The number of anilines is 1. The number of nitrogens with zero attached hydrogens (tertiary/aromatic N) is 2. The van der Waals surface area contributed by atoms with Gasteiger partial charge in [-0.2, -0.15) is 0 Å². The van der Waals surface area contributed by atoms with Crippen LogP contribution in [0.2, 0.25) is 5.15 Å². The smallest absolute Gasteiger partial charge is 0.258 e. The molecule has 0 radical (unpaired) electrons. The van der Waals surface area contributed by atoms with Crippen molar-refractivity contribution in [3.05, 3.63) is 52.8 Å². The monoisotopic (exact) mass is 265 g/mol. The molecule has 0 bridgehead atoms. The first-order valence-corrected chi connectivity index (χ1v) is 5.48. The van der Waals surface area contributed by atoms with Gasteiger partial charge < -0.3 is 5.32 Å². The minimum atomic E-state index is -0.688. The van der Waals surface area contributed by atoms with Crippen molar-refractivity contribution in [1.82, 2.24) is 9.97 Å². The van der Waals surface area contributed by atoms with E-state index in [1.807, 2.05) is 6.92 Å². The zero-order chi connectivity index (χ0) is 13.1. The third-order valence-corrected chi connectivity index (χ3v) is 2.54. The van der Waals surface area contributed by atoms with Gasteiger partial charge in [0.15, 0.2) is 11.0 Å². The number of nitrogens with one attached hydrogen (secondary N) is 1. The molecule has 0 aliphatic rings. The molecule has 0 spiro atoms. The lowest BCUT2D eigenvalue weighted by Gasteiger charge is -2.07. The Balaban J connectivity index is 2.27. The first kappa shape index (κ1) is 12.4. The Hall–Kier alpha value is -2.01. The molecule has 0 aliphatic carbocycles. The highest BCUT2D eigenvalue weighted by Gasteiger charge is 2.13. The maximum Gasteiger partial charge on any atom is 0.258 e. The predicted octanol–water partition coefficient (Wildman–Crippen LogP) is 2.83. The van der Waals surface area contributed by atoms with Crippen LogP contribution in [0.25, 0.3) is 0 Å². The number of hydrogen-bond acceptors (Lipinski definition) is 3. The Morgan fingerprint density at radius 1 is 1.44 bits per heavy atom. The van der Waals surface area contributed by atoms with Crippen LogP contribution in [0.3, 0.4) is 0 Å².